The van der Waals surface area contributed by atoms with Gasteiger partial charge in [-0.15, -0.1) is 0 Å². The van der Waals surface area contributed by atoms with Crippen LogP contribution in [-0.4, -0.2) is 70.1 Å². The van der Waals surface area contributed by atoms with Crippen LogP contribution in [0.15, 0.2) is 30.5 Å². The zero-order chi connectivity index (χ0) is 20.7. The first kappa shape index (κ1) is 19.1. The number of aromatic nitrogens is 2. The zero-order valence-electron chi connectivity index (χ0n) is 17.1. The molecule has 0 aliphatic carbocycles. The molecule has 1 saturated heterocycles. The molecular weight excluding hydrogens is 384 g/mol. The quantitative estimate of drug-likeness (QED) is 0.760. The van der Waals surface area contributed by atoms with E-state index >= 15 is 0 Å². The van der Waals surface area contributed by atoms with Crippen molar-refractivity contribution in [2.75, 3.05) is 32.8 Å². The fourth-order valence-corrected chi connectivity index (χ4v) is 4.52. The summed E-state index contributed by atoms with van der Waals surface area (Å²) in [6.45, 7) is 5.72. The van der Waals surface area contributed by atoms with Crippen LogP contribution in [0.5, 0.6) is 5.75 Å². The van der Waals surface area contributed by atoms with Crippen LogP contribution in [0.4, 0.5) is 0 Å². The number of hydrogen-bond donors (Lipinski definition) is 0. The molecule has 0 bridgehead atoms. The Morgan fingerprint density at radius 1 is 1.13 bits per heavy atom. The highest BCUT2D eigenvalue weighted by Crippen LogP contribution is 2.32. The van der Waals surface area contributed by atoms with Gasteiger partial charge in [0.1, 0.15) is 11.6 Å². The van der Waals surface area contributed by atoms with Crippen LogP contribution in [0.2, 0.25) is 0 Å². The molecule has 5 rings (SSSR count). The highest BCUT2D eigenvalue weighted by atomic mass is 16.5. The summed E-state index contributed by atoms with van der Waals surface area (Å²) in [6.07, 6.45) is 2.36. The number of morpholine rings is 1. The summed E-state index contributed by atoms with van der Waals surface area (Å²) >= 11 is 0. The molecule has 0 saturated carbocycles. The SMILES string of the molecule is C[C@@H]1c2nc(CC(=O)N3CCOCC3)cn2CCN1C(=O)[C@H]1Cc2ccccc2O1. The lowest BCUT2D eigenvalue weighted by Gasteiger charge is -2.35. The standard InChI is InChI=1S/C22H26N4O4/c1-15-21-23-17(13-20(27)24-8-10-29-11-9-24)14-25(21)6-7-26(15)22(28)19-12-16-4-2-3-5-18(16)30-19/h2-5,14-15,19H,6-13H2,1H3/t15-,19-/m1/s1. The fraction of sp³-hybridized carbons (Fsp3) is 0.500. The van der Waals surface area contributed by atoms with Crippen molar-refractivity contribution in [2.45, 2.75) is 38.5 Å². The molecule has 30 heavy (non-hydrogen) atoms. The third-order valence-electron chi connectivity index (χ3n) is 6.18. The number of carbonyl (C=O) groups is 2. The molecule has 3 aliphatic heterocycles. The van der Waals surface area contributed by atoms with Crippen molar-refractivity contribution in [3.63, 3.8) is 0 Å². The van der Waals surface area contributed by atoms with Gasteiger partial charge in [-0.1, -0.05) is 18.2 Å². The molecule has 4 heterocycles. The number of imidazole rings is 1. The van der Waals surface area contributed by atoms with E-state index in [0.717, 1.165) is 22.8 Å². The van der Waals surface area contributed by atoms with Crippen LogP contribution in [-0.2, 0) is 33.7 Å². The Labute approximate surface area is 175 Å². The van der Waals surface area contributed by atoms with Crippen LogP contribution >= 0.6 is 0 Å². The maximum absolute atomic E-state index is 13.2. The largest absolute Gasteiger partial charge is 0.480 e. The van der Waals surface area contributed by atoms with E-state index in [1.807, 2.05) is 47.2 Å². The molecule has 1 aromatic heterocycles. The molecule has 3 aliphatic rings. The van der Waals surface area contributed by atoms with Crippen molar-refractivity contribution in [1.82, 2.24) is 19.4 Å². The normalized spacial score (nSPS) is 23.0. The minimum atomic E-state index is -0.478. The Hall–Kier alpha value is -2.87. The van der Waals surface area contributed by atoms with E-state index in [4.69, 9.17) is 14.5 Å². The third-order valence-corrected chi connectivity index (χ3v) is 6.18. The van der Waals surface area contributed by atoms with E-state index in [9.17, 15) is 9.59 Å². The van der Waals surface area contributed by atoms with Gasteiger partial charge in [-0.05, 0) is 18.6 Å². The average molecular weight is 410 g/mol. The molecule has 0 spiro atoms. The summed E-state index contributed by atoms with van der Waals surface area (Å²) in [4.78, 5) is 34.1. The first-order valence-electron chi connectivity index (χ1n) is 10.6. The van der Waals surface area contributed by atoms with Crippen molar-refractivity contribution in [3.8, 4) is 5.75 Å². The minimum Gasteiger partial charge on any atom is -0.480 e. The lowest BCUT2D eigenvalue weighted by molar-refractivity contribution is -0.141. The Balaban J connectivity index is 1.27. The summed E-state index contributed by atoms with van der Waals surface area (Å²) in [5, 5.41) is 0. The van der Waals surface area contributed by atoms with Gasteiger partial charge in [-0.2, -0.15) is 0 Å². The molecular formula is C22H26N4O4. The van der Waals surface area contributed by atoms with E-state index in [1.165, 1.54) is 0 Å². The van der Waals surface area contributed by atoms with Crippen molar-refractivity contribution in [3.05, 3.63) is 47.5 Å². The highest BCUT2D eigenvalue weighted by molar-refractivity contribution is 5.83. The van der Waals surface area contributed by atoms with Gasteiger partial charge >= 0.3 is 0 Å². The van der Waals surface area contributed by atoms with Crippen LogP contribution in [0, 0.1) is 0 Å². The predicted molar refractivity (Wildman–Crippen MR) is 108 cm³/mol. The van der Waals surface area contributed by atoms with Gasteiger partial charge in [0, 0.05) is 38.8 Å². The summed E-state index contributed by atoms with van der Waals surface area (Å²) < 4.78 is 13.3. The van der Waals surface area contributed by atoms with Gasteiger partial charge in [0.25, 0.3) is 5.91 Å². The Morgan fingerprint density at radius 2 is 1.93 bits per heavy atom. The van der Waals surface area contributed by atoms with Crippen LogP contribution in [0.25, 0.3) is 0 Å². The number of benzene rings is 1. The van der Waals surface area contributed by atoms with Gasteiger partial charge < -0.3 is 23.8 Å². The first-order valence-corrected chi connectivity index (χ1v) is 10.6. The number of fused-ring (bicyclic) bond motifs is 2. The Morgan fingerprint density at radius 3 is 2.73 bits per heavy atom. The summed E-state index contributed by atoms with van der Waals surface area (Å²) in [7, 11) is 0. The molecule has 8 heteroatoms. The molecule has 158 valence electrons. The Kier molecular flexibility index (Phi) is 4.94. The third kappa shape index (κ3) is 3.45. The van der Waals surface area contributed by atoms with Crippen LogP contribution < -0.4 is 4.74 Å². The molecule has 0 N–H and O–H groups in total. The van der Waals surface area contributed by atoms with Gasteiger partial charge in [0.15, 0.2) is 6.10 Å². The second-order valence-corrected chi connectivity index (χ2v) is 8.08. The zero-order valence-corrected chi connectivity index (χ0v) is 17.1. The predicted octanol–water partition coefficient (Wildman–Crippen LogP) is 1.19. The Bertz CT molecular complexity index is 941. The van der Waals surface area contributed by atoms with Crippen molar-refractivity contribution in [1.29, 1.82) is 0 Å². The molecule has 0 unspecified atom stereocenters. The number of rotatable bonds is 3. The van der Waals surface area contributed by atoms with Crippen LogP contribution in [0.1, 0.15) is 30.0 Å². The lowest BCUT2D eigenvalue weighted by atomic mass is 10.1. The molecule has 2 amide bonds. The van der Waals surface area contributed by atoms with E-state index < -0.39 is 6.10 Å². The molecule has 1 aromatic carbocycles. The van der Waals surface area contributed by atoms with Gasteiger partial charge in [-0.25, -0.2) is 4.98 Å². The van der Waals surface area contributed by atoms with Crippen molar-refractivity contribution in [2.24, 2.45) is 0 Å². The van der Waals surface area contributed by atoms with Crippen LogP contribution in [0.3, 0.4) is 0 Å². The highest BCUT2D eigenvalue weighted by Gasteiger charge is 2.37. The summed E-state index contributed by atoms with van der Waals surface area (Å²) in [5.74, 6) is 1.70. The number of nitrogens with zero attached hydrogens (tertiary/aromatic N) is 4. The van der Waals surface area contributed by atoms with Gasteiger partial charge in [0.2, 0.25) is 5.91 Å². The van der Waals surface area contributed by atoms with Gasteiger partial charge in [0.05, 0.1) is 31.4 Å². The second kappa shape index (κ2) is 7.75. The number of carbonyl (C=O) groups excluding carboxylic acids is 2. The monoisotopic (exact) mass is 410 g/mol. The molecule has 8 nitrogen and oxygen atoms in total. The molecule has 1 fully saturated rings. The van der Waals surface area contributed by atoms with E-state index in [1.54, 1.807) is 0 Å². The topological polar surface area (TPSA) is 76.9 Å². The van der Waals surface area contributed by atoms with Gasteiger partial charge in [-0.3, -0.25) is 9.59 Å². The van der Waals surface area contributed by atoms with E-state index in [-0.39, 0.29) is 24.3 Å². The number of hydrogen-bond acceptors (Lipinski definition) is 5. The van der Waals surface area contributed by atoms with Crippen molar-refractivity contribution >= 4 is 11.8 Å². The minimum absolute atomic E-state index is 0.00102. The fourth-order valence-electron chi connectivity index (χ4n) is 4.52. The summed E-state index contributed by atoms with van der Waals surface area (Å²) in [6, 6.07) is 7.64. The smallest absolute Gasteiger partial charge is 0.264 e. The first-order chi connectivity index (χ1) is 14.6. The summed E-state index contributed by atoms with van der Waals surface area (Å²) in [5.41, 5.74) is 1.83. The average Bonchev–Trinajstić information content (AvgIpc) is 3.38. The molecule has 0 radical (unpaired) electrons. The lowest BCUT2D eigenvalue weighted by Crippen LogP contribution is -2.47. The molecule has 2 atom stereocenters. The number of amides is 2. The number of ether oxygens (including phenoxy) is 2. The second-order valence-electron chi connectivity index (χ2n) is 8.08. The maximum atomic E-state index is 13.2. The molecule has 2 aromatic rings. The van der Waals surface area contributed by atoms with Crippen molar-refractivity contribution < 1.29 is 19.1 Å². The maximum Gasteiger partial charge on any atom is 0.264 e. The van der Waals surface area contributed by atoms with E-state index in [0.29, 0.717) is 45.8 Å². The number of para-hydroxylation sites is 1. The van der Waals surface area contributed by atoms with E-state index in [2.05, 4.69) is 4.57 Å².